The molecule has 4 rings (SSSR count). The maximum Gasteiger partial charge on any atom is 0.255 e. The summed E-state index contributed by atoms with van der Waals surface area (Å²) in [7, 11) is 0. The quantitative estimate of drug-likeness (QED) is 0.448. The Morgan fingerprint density at radius 3 is 2.53 bits per heavy atom. The fourth-order valence-electron chi connectivity index (χ4n) is 3.20. The van der Waals surface area contributed by atoms with Crippen LogP contribution in [0.15, 0.2) is 73.2 Å². The number of para-hydroxylation sites is 1. The number of carbonyl (C=O) groups is 1. The van der Waals surface area contributed by atoms with Gasteiger partial charge in [-0.1, -0.05) is 41.9 Å². The van der Waals surface area contributed by atoms with E-state index in [-0.39, 0.29) is 5.91 Å². The molecule has 1 amide bonds. The number of hydrogen-bond donors (Lipinski definition) is 1. The SMILES string of the molecule is Cc1cnn(CCCNC(=O)c2cn(-c3ccccc3)nc2-c2ccc(Cl)cc2)c1. The number of amides is 1. The average molecular weight is 420 g/mol. The van der Waals surface area contributed by atoms with Gasteiger partial charge in [0, 0.05) is 36.1 Å². The lowest BCUT2D eigenvalue weighted by Crippen LogP contribution is -2.25. The van der Waals surface area contributed by atoms with E-state index in [2.05, 4.69) is 15.5 Å². The molecule has 0 aliphatic heterocycles. The molecule has 0 aliphatic carbocycles. The van der Waals surface area contributed by atoms with E-state index in [0.29, 0.717) is 22.8 Å². The summed E-state index contributed by atoms with van der Waals surface area (Å²) in [4.78, 5) is 13.0. The van der Waals surface area contributed by atoms with Gasteiger partial charge < -0.3 is 5.32 Å². The number of halogens is 1. The molecule has 2 aromatic heterocycles. The van der Waals surface area contributed by atoms with Crippen LogP contribution in [0.5, 0.6) is 0 Å². The normalized spacial score (nSPS) is 10.9. The maximum atomic E-state index is 13.0. The molecule has 0 bridgehead atoms. The molecule has 0 spiro atoms. The Hall–Kier alpha value is -3.38. The smallest absolute Gasteiger partial charge is 0.255 e. The molecule has 7 heteroatoms. The third-order valence-electron chi connectivity index (χ3n) is 4.71. The average Bonchev–Trinajstić information content (AvgIpc) is 3.39. The predicted octanol–water partition coefficient (Wildman–Crippen LogP) is 4.52. The van der Waals surface area contributed by atoms with Crippen LogP contribution in [0.25, 0.3) is 16.9 Å². The van der Waals surface area contributed by atoms with Crippen molar-refractivity contribution in [2.75, 3.05) is 6.54 Å². The molecule has 6 nitrogen and oxygen atoms in total. The summed E-state index contributed by atoms with van der Waals surface area (Å²) in [6.07, 6.45) is 6.38. The van der Waals surface area contributed by atoms with E-state index in [1.54, 1.807) is 23.0 Å². The van der Waals surface area contributed by atoms with Crippen LogP contribution in [0.2, 0.25) is 5.02 Å². The van der Waals surface area contributed by atoms with Gasteiger partial charge in [-0.05, 0) is 43.2 Å². The molecule has 0 unspecified atom stereocenters. The summed E-state index contributed by atoms with van der Waals surface area (Å²) in [5.41, 5.74) is 4.00. The predicted molar refractivity (Wildman–Crippen MR) is 118 cm³/mol. The van der Waals surface area contributed by atoms with Gasteiger partial charge in [-0.2, -0.15) is 10.2 Å². The fourth-order valence-corrected chi connectivity index (χ4v) is 3.33. The van der Waals surface area contributed by atoms with Gasteiger partial charge in [0.25, 0.3) is 5.91 Å². The van der Waals surface area contributed by atoms with Gasteiger partial charge >= 0.3 is 0 Å². The highest BCUT2D eigenvalue weighted by molar-refractivity contribution is 6.30. The first-order valence-corrected chi connectivity index (χ1v) is 10.2. The van der Waals surface area contributed by atoms with E-state index in [0.717, 1.165) is 29.8 Å². The topological polar surface area (TPSA) is 64.7 Å². The summed E-state index contributed by atoms with van der Waals surface area (Å²) in [6.45, 7) is 3.31. The molecule has 4 aromatic rings. The fraction of sp³-hybridized carbons (Fsp3) is 0.174. The monoisotopic (exact) mass is 419 g/mol. The molecule has 0 radical (unpaired) electrons. The highest BCUT2D eigenvalue weighted by atomic mass is 35.5. The van der Waals surface area contributed by atoms with Crippen molar-refractivity contribution >= 4 is 17.5 Å². The molecule has 2 heterocycles. The van der Waals surface area contributed by atoms with Crippen molar-refractivity contribution in [2.45, 2.75) is 19.9 Å². The van der Waals surface area contributed by atoms with E-state index < -0.39 is 0 Å². The number of benzene rings is 2. The molecule has 1 N–H and O–H groups in total. The molecule has 0 saturated heterocycles. The number of aromatic nitrogens is 4. The number of hydrogen-bond acceptors (Lipinski definition) is 3. The van der Waals surface area contributed by atoms with E-state index in [1.165, 1.54) is 0 Å². The van der Waals surface area contributed by atoms with Crippen molar-refractivity contribution in [3.63, 3.8) is 0 Å². The zero-order valence-corrected chi connectivity index (χ0v) is 17.4. The number of nitrogens with zero attached hydrogens (tertiary/aromatic N) is 4. The Kier molecular flexibility index (Phi) is 5.95. The van der Waals surface area contributed by atoms with Gasteiger partial charge in [0.05, 0.1) is 17.4 Å². The van der Waals surface area contributed by atoms with Crippen molar-refractivity contribution in [3.8, 4) is 16.9 Å². The molecule has 0 fully saturated rings. The van der Waals surface area contributed by atoms with Gasteiger partial charge in [0.15, 0.2) is 0 Å². The Labute approximate surface area is 180 Å². The lowest BCUT2D eigenvalue weighted by atomic mass is 10.1. The second kappa shape index (κ2) is 8.97. The van der Waals surface area contributed by atoms with E-state index >= 15 is 0 Å². The zero-order valence-electron chi connectivity index (χ0n) is 16.6. The van der Waals surface area contributed by atoms with Crippen LogP contribution in [0.1, 0.15) is 22.3 Å². The highest BCUT2D eigenvalue weighted by Gasteiger charge is 2.18. The summed E-state index contributed by atoms with van der Waals surface area (Å²) < 4.78 is 3.61. The van der Waals surface area contributed by atoms with Gasteiger partial charge in [0.2, 0.25) is 0 Å². The first-order valence-electron chi connectivity index (χ1n) is 9.78. The largest absolute Gasteiger partial charge is 0.352 e. The number of aryl methyl sites for hydroxylation is 2. The lowest BCUT2D eigenvalue weighted by molar-refractivity contribution is 0.0953. The first-order chi connectivity index (χ1) is 14.6. The van der Waals surface area contributed by atoms with Crippen molar-refractivity contribution in [3.05, 3.63) is 89.3 Å². The van der Waals surface area contributed by atoms with Crippen molar-refractivity contribution in [1.29, 1.82) is 0 Å². The van der Waals surface area contributed by atoms with Gasteiger partial charge in [0.1, 0.15) is 5.69 Å². The Morgan fingerprint density at radius 2 is 1.83 bits per heavy atom. The van der Waals surface area contributed by atoms with E-state index in [1.807, 2.05) is 66.5 Å². The molecule has 30 heavy (non-hydrogen) atoms. The van der Waals surface area contributed by atoms with E-state index in [9.17, 15) is 4.79 Å². The van der Waals surface area contributed by atoms with Gasteiger partial charge in [-0.3, -0.25) is 9.48 Å². The Balaban J connectivity index is 1.53. The van der Waals surface area contributed by atoms with Crippen LogP contribution in [0.4, 0.5) is 0 Å². The van der Waals surface area contributed by atoms with Crippen molar-refractivity contribution in [2.24, 2.45) is 0 Å². The van der Waals surface area contributed by atoms with Crippen molar-refractivity contribution < 1.29 is 4.79 Å². The third kappa shape index (κ3) is 4.60. The summed E-state index contributed by atoms with van der Waals surface area (Å²) in [5.74, 6) is -0.154. The standard InChI is InChI=1S/C23H22ClN5O/c1-17-14-26-28(15-17)13-5-12-25-23(30)21-16-29(20-6-3-2-4-7-20)27-22(21)18-8-10-19(24)11-9-18/h2-4,6-11,14-16H,5,12-13H2,1H3,(H,25,30). The van der Waals surface area contributed by atoms with Gasteiger partial charge in [-0.15, -0.1) is 0 Å². The molecular formula is C23H22ClN5O. The molecular weight excluding hydrogens is 398 g/mol. The first kappa shape index (κ1) is 19.9. The summed E-state index contributed by atoms with van der Waals surface area (Å²) in [6, 6.07) is 17.1. The number of carbonyl (C=O) groups excluding carboxylic acids is 1. The Morgan fingerprint density at radius 1 is 1.07 bits per heavy atom. The van der Waals surface area contributed by atoms with Crippen LogP contribution < -0.4 is 5.32 Å². The zero-order chi connectivity index (χ0) is 20.9. The van der Waals surface area contributed by atoms with Crippen LogP contribution in [0, 0.1) is 6.92 Å². The second-order valence-electron chi connectivity index (χ2n) is 7.07. The minimum Gasteiger partial charge on any atom is -0.352 e. The lowest BCUT2D eigenvalue weighted by Gasteiger charge is -2.06. The summed E-state index contributed by atoms with van der Waals surface area (Å²) in [5, 5.41) is 12.6. The molecule has 0 aliphatic rings. The molecule has 2 aromatic carbocycles. The van der Waals surface area contributed by atoms with Gasteiger partial charge in [-0.25, -0.2) is 4.68 Å². The highest BCUT2D eigenvalue weighted by Crippen LogP contribution is 2.25. The molecule has 152 valence electrons. The maximum absolute atomic E-state index is 13.0. The minimum atomic E-state index is -0.154. The minimum absolute atomic E-state index is 0.154. The van der Waals surface area contributed by atoms with Crippen LogP contribution in [-0.2, 0) is 6.54 Å². The second-order valence-corrected chi connectivity index (χ2v) is 7.51. The van der Waals surface area contributed by atoms with Crippen LogP contribution in [0.3, 0.4) is 0 Å². The molecule has 0 atom stereocenters. The van der Waals surface area contributed by atoms with E-state index in [4.69, 9.17) is 11.6 Å². The van der Waals surface area contributed by atoms with Crippen LogP contribution >= 0.6 is 11.6 Å². The van der Waals surface area contributed by atoms with Crippen LogP contribution in [-0.4, -0.2) is 32.0 Å². The van der Waals surface area contributed by atoms with Crippen molar-refractivity contribution in [1.82, 2.24) is 24.9 Å². The molecule has 0 saturated carbocycles. The summed E-state index contributed by atoms with van der Waals surface area (Å²) >= 11 is 6.03. The number of rotatable bonds is 7. The Bertz CT molecular complexity index is 1130. The third-order valence-corrected chi connectivity index (χ3v) is 4.96. The number of nitrogens with one attached hydrogen (secondary N) is 1.